The van der Waals surface area contributed by atoms with Crippen molar-refractivity contribution in [3.8, 4) is 0 Å². The second kappa shape index (κ2) is 2.36. The third kappa shape index (κ3) is 1.06. The van der Waals surface area contributed by atoms with E-state index in [0.717, 1.165) is 13.0 Å². The molecular formula is C9H13NO. The van der Waals surface area contributed by atoms with E-state index in [4.69, 9.17) is 0 Å². The Kier molecular flexibility index (Phi) is 1.48. The molecule has 2 aliphatic rings. The summed E-state index contributed by atoms with van der Waals surface area (Å²) >= 11 is 0. The Labute approximate surface area is 66.9 Å². The van der Waals surface area contributed by atoms with Crippen molar-refractivity contribution in [3.63, 3.8) is 0 Å². The van der Waals surface area contributed by atoms with Gasteiger partial charge in [0, 0.05) is 30.8 Å². The van der Waals surface area contributed by atoms with Crippen molar-refractivity contribution in [1.82, 2.24) is 4.90 Å². The fourth-order valence-electron chi connectivity index (χ4n) is 2.12. The number of allylic oxidation sites excluding steroid dienone is 2. The van der Waals surface area contributed by atoms with Crippen molar-refractivity contribution in [2.24, 2.45) is 0 Å². The third-order valence-corrected chi connectivity index (χ3v) is 2.64. The van der Waals surface area contributed by atoms with Gasteiger partial charge in [-0.25, -0.2) is 0 Å². The van der Waals surface area contributed by atoms with Crippen LogP contribution in [0.3, 0.4) is 0 Å². The van der Waals surface area contributed by atoms with E-state index in [-0.39, 0.29) is 0 Å². The van der Waals surface area contributed by atoms with E-state index in [2.05, 4.69) is 4.90 Å². The van der Waals surface area contributed by atoms with Crippen molar-refractivity contribution in [2.45, 2.75) is 32.2 Å². The highest BCUT2D eigenvalue weighted by atomic mass is 16.1. The average Bonchev–Trinajstić information content (AvgIpc) is 2.34. The van der Waals surface area contributed by atoms with Gasteiger partial charge in [0.15, 0.2) is 5.78 Å². The van der Waals surface area contributed by atoms with Crippen LogP contribution >= 0.6 is 0 Å². The lowest BCUT2D eigenvalue weighted by atomic mass is 10.0. The lowest BCUT2D eigenvalue weighted by molar-refractivity contribution is -0.116. The summed E-state index contributed by atoms with van der Waals surface area (Å²) in [5, 5.41) is 0. The quantitative estimate of drug-likeness (QED) is 0.520. The SMILES string of the molecule is CC1=CC(=O)C[C@@H]2CCCN12. The lowest BCUT2D eigenvalue weighted by Crippen LogP contribution is -2.33. The molecule has 1 fully saturated rings. The van der Waals surface area contributed by atoms with Crippen molar-refractivity contribution in [1.29, 1.82) is 0 Å². The third-order valence-electron chi connectivity index (χ3n) is 2.64. The van der Waals surface area contributed by atoms with Crippen molar-refractivity contribution in [3.05, 3.63) is 11.8 Å². The molecule has 2 heterocycles. The van der Waals surface area contributed by atoms with Gasteiger partial charge in [0.1, 0.15) is 0 Å². The van der Waals surface area contributed by atoms with E-state index in [9.17, 15) is 4.79 Å². The van der Waals surface area contributed by atoms with Gasteiger partial charge in [-0.3, -0.25) is 4.79 Å². The first kappa shape index (κ1) is 6.89. The molecular weight excluding hydrogens is 138 g/mol. The van der Waals surface area contributed by atoms with Crippen molar-refractivity contribution in [2.75, 3.05) is 6.54 Å². The molecule has 60 valence electrons. The number of carbonyl (C=O) groups is 1. The molecule has 0 N–H and O–H groups in total. The Morgan fingerprint density at radius 3 is 3.27 bits per heavy atom. The van der Waals surface area contributed by atoms with Gasteiger partial charge in [0.2, 0.25) is 0 Å². The van der Waals surface area contributed by atoms with Gasteiger partial charge in [0.05, 0.1) is 0 Å². The minimum atomic E-state index is 0.311. The van der Waals surface area contributed by atoms with E-state index in [1.807, 2.05) is 6.92 Å². The maximum atomic E-state index is 11.1. The molecule has 0 bridgehead atoms. The molecule has 2 nitrogen and oxygen atoms in total. The van der Waals surface area contributed by atoms with Crippen molar-refractivity contribution < 1.29 is 4.79 Å². The van der Waals surface area contributed by atoms with Crippen LogP contribution in [0, 0.1) is 0 Å². The molecule has 2 heteroatoms. The number of ketones is 1. The van der Waals surface area contributed by atoms with E-state index in [0.29, 0.717) is 11.8 Å². The van der Waals surface area contributed by atoms with Crippen molar-refractivity contribution >= 4 is 5.78 Å². The summed E-state index contributed by atoms with van der Waals surface area (Å²) in [6.07, 6.45) is 4.99. The standard InChI is InChI=1S/C9H13NO/c1-7-5-9(11)6-8-3-2-4-10(7)8/h5,8H,2-4,6H2,1H3/t8-/m0/s1. The van der Waals surface area contributed by atoms with Gasteiger partial charge in [-0.05, 0) is 19.8 Å². The molecule has 0 aromatic heterocycles. The van der Waals surface area contributed by atoms with Crippen LogP contribution in [0.2, 0.25) is 0 Å². The molecule has 2 rings (SSSR count). The number of fused-ring (bicyclic) bond motifs is 1. The summed E-state index contributed by atoms with van der Waals surface area (Å²) in [5.74, 6) is 0.311. The molecule has 11 heavy (non-hydrogen) atoms. The Bertz CT molecular complexity index is 220. The molecule has 1 atom stereocenters. The van der Waals surface area contributed by atoms with E-state index in [1.165, 1.54) is 18.5 Å². The van der Waals surface area contributed by atoms with Crippen LogP contribution in [-0.2, 0) is 4.79 Å². The van der Waals surface area contributed by atoms with Crippen LogP contribution in [0.4, 0.5) is 0 Å². The summed E-state index contributed by atoms with van der Waals surface area (Å²) < 4.78 is 0. The summed E-state index contributed by atoms with van der Waals surface area (Å²) in [5.41, 5.74) is 1.17. The minimum Gasteiger partial charge on any atom is -0.372 e. The highest BCUT2D eigenvalue weighted by Gasteiger charge is 2.29. The van der Waals surface area contributed by atoms with Gasteiger partial charge >= 0.3 is 0 Å². The summed E-state index contributed by atoms with van der Waals surface area (Å²) in [6.45, 7) is 3.19. The Balaban J connectivity index is 2.25. The highest BCUT2D eigenvalue weighted by Crippen LogP contribution is 2.27. The zero-order valence-electron chi connectivity index (χ0n) is 6.84. The first-order valence-electron chi connectivity index (χ1n) is 4.25. The van der Waals surface area contributed by atoms with E-state index in [1.54, 1.807) is 6.08 Å². The monoisotopic (exact) mass is 151 g/mol. The van der Waals surface area contributed by atoms with Gasteiger partial charge in [-0.2, -0.15) is 0 Å². The van der Waals surface area contributed by atoms with Crippen LogP contribution < -0.4 is 0 Å². The molecule has 1 saturated heterocycles. The minimum absolute atomic E-state index is 0.311. The molecule has 2 aliphatic heterocycles. The summed E-state index contributed by atoms with van der Waals surface area (Å²) in [4.78, 5) is 13.5. The maximum Gasteiger partial charge on any atom is 0.159 e. The first-order valence-corrected chi connectivity index (χ1v) is 4.25. The van der Waals surface area contributed by atoms with Crippen LogP contribution in [0.25, 0.3) is 0 Å². The van der Waals surface area contributed by atoms with E-state index < -0.39 is 0 Å². The predicted molar refractivity (Wildman–Crippen MR) is 43.1 cm³/mol. The molecule has 0 aromatic carbocycles. The van der Waals surface area contributed by atoms with Crippen LogP contribution in [0.15, 0.2) is 11.8 Å². The second-order valence-electron chi connectivity index (χ2n) is 3.45. The topological polar surface area (TPSA) is 20.3 Å². The highest BCUT2D eigenvalue weighted by molar-refractivity contribution is 5.91. The molecule has 0 amide bonds. The molecule has 0 spiro atoms. The molecule has 0 unspecified atom stereocenters. The fraction of sp³-hybridized carbons (Fsp3) is 0.667. The fourth-order valence-corrected chi connectivity index (χ4v) is 2.12. The van der Waals surface area contributed by atoms with E-state index >= 15 is 0 Å². The van der Waals surface area contributed by atoms with Gasteiger partial charge in [0.25, 0.3) is 0 Å². The number of hydrogen-bond acceptors (Lipinski definition) is 2. The smallest absolute Gasteiger partial charge is 0.159 e. The normalized spacial score (nSPS) is 30.3. The zero-order chi connectivity index (χ0) is 7.84. The molecule has 0 saturated carbocycles. The van der Waals surface area contributed by atoms with Crippen LogP contribution in [0.5, 0.6) is 0 Å². The Morgan fingerprint density at radius 2 is 2.45 bits per heavy atom. The maximum absolute atomic E-state index is 11.1. The number of hydrogen-bond donors (Lipinski definition) is 0. The van der Waals surface area contributed by atoms with Gasteiger partial charge < -0.3 is 4.90 Å². The van der Waals surface area contributed by atoms with Gasteiger partial charge in [-0.1, -0.05) is 0 Å². The van der Waals surface area contributed by atoms with Crippen LogP contribution in [-0.4, -0.2) is 23.3 Å². The average molecular weight is 151 g/mol. The predicted octanol–water partition coefficient (Wildman–Crippen LogP) is 1.33. The Hall–Kier alpha value is -0.790. The summed E-state index contributed by atoms with van der Waals surface area (Å²) in [7, 11) is 0. The second-order valence-corrected chi connectivity index (χ2v) is 3.45. The lowest BCUT2D eigenvalue weighted by Gasteiger charge is -2.30. The first-order chi connectivity index (χ1) is 5.27. The number of carbonyl (C=O) groups excluding carboxylic acids is 1. The number of nitrogens with zero attached hydrogens (tertiary/aromatic N) is 1. The molecule has 0 radical (unpaired) electrons. The van der Waals surface area contributed by atoms with Gasteiger partial charge in [-0.15, -0.1) is 0 Å². The number of rotatable bonds is 0. The van der Waals surface area contributed by atoms with Crippen LogP contribution in [0.1, 0.15) is 26.2 Å². The molecule has 0 aromatic rings. The summed E-state index contributed by atoms with van der Waals surface area (Å²) in [6, 6.07) is 0.535. The largest absolute Gasteiger partial charge is 0.372 e. The molecule has 0 aliphatic carbocycles. The Morgan fingerprint density at radius 1 is 1.64 bits per heavy atom. The zero-order valence-corrected chi connectivity index (χ0v) is 6.84.